The summed E-state index contributed by atoms with van der Waals surface area (Å²) in [6, 6.07) is 12.1. The van der Waals surface area contributed by atoms with E-state index in [0.29, 0.717) is 6.42 Å². The van der Waals surface area contributed by atoms with E-state index in [9.17, 15) is 5.11 Å². The number of hydrogen-bond donors (Lipinski definition) is 2. The molecule has 3 nitrogen and oxygen atoms in total. The van der Waals surface area contributed by atoms with E-state index in [0.717, 1.165) is 36.1 Å². The topological polar surface area (TPSA) is 45.1 Å². The molecule has 2 aromatic rings. The van der Waals surface area contributed by atoms with Crippen LogP contribution in [0.5, 0.6) is 0 Å². The van der Waals surface area contributed by atoms with Crippen LogP contribution in [0.15, 0.2) is 36.4 Å². The monoisotopic (exact) mass is 258 g/mol. The lowest BCUT2D eigenvalue weighted by Crippen LogP contribution is -2.32. The normalized spacial score (nSPS) is 14.5. The minimum Gasteiger partial charge on any atom is -0.390 e. The molecule has 0 aliphatic heterocycles. The summed E-state index contributed by atoms with van der Waals surface area (Å²) in [5.74, 6) is 0. The zero-order valence-corrected chi connectivity index (χ0v) is 11.7. The number of nitrogens with zero attached hydrogens (tertiary/aromatic N) is 1. The third-order valence-corrected chi connectivity index (χ3v) is 3.31. The molecule has 0 saturated carbocycles. The molecule has 1 aromatic carbocycles. The summed E-state index contributed by atoms with van der Waals surface area (Å²) in [4.78, 5) is 4.61. The SMILES string of the molecule is CCNCCC(C)(O)Cc1ccc2ccccc2n1. The first-order valence-electron chi connectivity index (χ1n) is 6.88. The van der Waals surface area contributed by atoms with Crippen LogP contribution >= 0.6 is 0 Å². The van der Waals surface area contributed by atoms with Gasteiger partial charge in [-0.2, -0.15) is 0 Å². The predicted octanol–water partition coefficient (Wildman–Crippen LogP) is 2.53. The van der Waals surface area contributed by atoms with Crippen LogP contribution in [0, 0.1) is 0 Å². The second-order valence-corrected chi connectivity index (χ2v) is 5.27. The Bertz CT molecular complexity index is 537. The highest BCUT2D eigenvalue weighted by molar-refractivity contribution is 5.78. The number of benzene rings is 1. The first kappa shape index (κ1) is 14.0. The summed E-state index contributed by atoms with van der Waals surface area (Å²) in [6.07, 6.45) is 1.32. The highest BCUT2D eigenvalue weighted by Crippen LogP contribution is 2.18. The molecule has 2 N–H and O–H groups in total. The van der Waals surface area contributed by atoms with E-state index in [-0.39, 0.29) is 0 Å². The molecule has 0 aliphatic rings. The molecule has 0 spiro atoms. The molecule has 0 aliphatic carbocycles. The lowest BCUT2D eigenvalue weighted by Gasteiger charge is -2.23. The van der Waals surface area contributed by atoms with Crippen molar-refractivity contribution in [1.29, 1.82) is 0 Å². The summed E-state index contributed by atoms with van der Waals surface area (Å²) in [5, 5.41) is 14.8. The number of aliphatic hydroxyl groups is 1. The van der Waals surface area contributed by atoms with Gasteiger partial charge in [0.1, 0.15) is 0 Å². The van der Waals surface area contributed by atoms with E-state index in [1.807, 2.05) is 31.2 Å². The zero-order valence-electron chi connectivity index (χ0n) is 11.7. The molecule has 1 atom stereocenters. The van der Waals surface area contributed by atoms with Gasteiger partial charge in [0.15, 0.2) is 0 Å². The molecular formula is C16H22N2O. The van der Waals surface area contributed by atoms with Crippen LogP contribution in [0.4, 0.5) is 0 Å². The zero-order chi connectivity index (χ0) is 13.7. The van der Waals surface area contributed by atoms with Crippen LogP contribution in [-0.2, 0) is 6.42 Å². The molecule has 1 heterocycles. The number of aromatic nitrogens is 1. The third-order valence-electron chi connectivity index (χ3n) is 3.31. The minimum absolute atomic E-state index is 0.587. The number of fused-ring (bicyclic) bond motifs is 1. The largest absolute Gasteiger partial charge is 0.390 e. The van der Waals surface area contributed by atoms with Gasteiger partial charge in [0.2, 0.25) is 0 Å². The highest BCUT2D eigenvalue weighted by atomic mass is 16.3. The van der Waals surface area contributed by atoms with Gasteiger partial charge >= 0.3 is 0 Å². The smallest absolute Gasteiger partial charge is 0.0705 e. The molecule has 19 heavy (non-hydrogen) atoms. The van der Waals surface area contributed by atoms with Crippen LogP contribution in [-0.4, -0.2) is 28.8 Å². The quantitative estimate of drug-likeness (QED) is 0.783. The predicted molar refractivity (Wildman–Crippen MR) is 79.2 cm³/mol. The second-order valence-electron chi connectivity index (χ2n) is 5.27. The van der Waals surface area contributed by atoms with Gasteiger partial charge in [0.05, 0.1) is 11.1 Å². The Morgan fingerprint density at radius 3 is 2.79 bits per heavy atom. The molecule has 1 aromatic heterocycles. The highest BCUT2D eigenvalue weighted by Gasteiger charge is 2.21. The van der Waals surface area contributed by atoms with E-state index >= 15 is 0 Å². The maximum absolute atomic E-state index is 10.4. The van der Waals surface area contributed by atoms with Crippen molar-refractivity contribution in [2.75, 3.05) is 13.1 Å². The Morgan fingerprint density at radius 2 is 2.00 bits per heavy atom. The van der Waals surface area contributed by atoms with Crippen LogP contribution in [0.25, 0.3) is 10.9 Å². The maximum atomic E-state index is 10.4. The van der Waals surface area contributed by atoms with Crippen LogP contribution in [0.2, 0.25) is 0 Å². The number of nitrogens with one attached hydrogen (secondary N) is 1. The van der Waals surface area contributed by atoms with Gasteiger partial charge in [-0.1, -0.05) is 31.2 Å². The first-order valence-corrected chi connectivity index (χ1v) is 6.88. The Morgan fingerprint density at radius 1 is 1.21 bits per heavy atom. The Labute approximate surface area is 114 Å². The van der Waals surface area contributed by atoms with Gasteiger partial charge < -0.3 is 10.4 Å². The molecule has 0 amide bonds. The fourth-order valence-corrected chi connectivity index (χ4v) is 2.22. The number of hydrogen-bond acceptors (Lipinski definition) is 3. The summed E-state index contributed by atoms with van der Waals surface area (Å²) >= 11 is 0. The van der Waals surface area contributed by atoms with E-state index in [1.165, 1.54) is 0 Å². The van der Waals surface area contributed by atoms with Gasteiger partial charge in [-0.25, -0.2) is 0 Å². The van der Waals surface area contributed by atoms with Crippen LogP contribution < -0.4 is 5.32 Å². The van der Waals surface area contributed by atoms with Gasteiger partial charge in [-0.15, -0.1) is 0 Å². The van der Waals surface area contributed by atoms with E-state index in [2.05, 4.69) is 29.4 Å². The Balaban J connectivity index is 2.07. The van der Waals surface area contributed by atoms with E-state index < -0.39 is 5.60 Å². The molecule has 0 radical (unpaired) electrons. The average molecular weight is 258 g/mol. The standard InChI is InChI=1S/C16H22N2O/c1-3-17-11-10-16(2,19)12-14-9-8-13-6-4-5-7-15(13)18-14/h4-9,17,19H,3,10-12H2,1-2H3. The van der Waals surface area contributed by atoms with Crippen molar-refractivity contribution in [1.82, 2.24) is 10.3 Å². The van der Waals surface area contributed by atoms with Crippen molar-refractivity contribution in [2.24, 2.45) is 0 Å². The molecule has 0 fully saturated rings. The summed E-state index contributed by atoms with van der Waals surface area (Å²) < 4.78 is 0. The Kier molecular flexibility index (Phi) is 4.51. The van der Waals surface area contributed by atoms with Crippen molar-refractivity contribution in [2.45, 2.75) is 32.3 Å². The second kappa shape index (κ2) is 6.13. The third kappa shape index (κ3) is 4.01. The first-order chi connectivity index (χ1) is 9.11. The van der Waals surface area contributed by atoms with Gasteiger partial charge in [0, 0.05) is 17.5 Å². The van der Waals surface area contributed by atoms with E-state index in [4.69, 9.17) is 0 Å². The van der Waals surface area contributed by atoms with Crippen LogP contribution in [0.1, 0.15) is 26.0 Å². The summed E-state index contributed by atoms with van der Waals surface area (Å²) in [7, 11) is 0. The molecule has 102 valence electrons. The van der Waals surface area contributed by atoms with Crippen LogP contribution in [0.3, 0.4) is 0 Å². The van der Waals surface area contributed by atoms with Crippen molar-refractivity contribution >= 4 is 10.9 Å². The maximum Gasteiger partial charge on any atom is 0.0705 e. The molecule has 2 rings (SSSR count). The van der Waals surface area contributed by atoms with Gasteiger partial charge in [-0.3, -0.25) is 4.98 Å². The summed E-state index contributed by atoms with van der Waals surface area (Å²) in [5.41, 5.74) is 1.22. The van der Waals surface area contributed by atoms with Crippen molar-refractivity contribution in [3.05, 3.63) is 42.1 Å². The molecule has 0 bridgehead atoms. The number of para-hydroxylation sites is 1. The molecular weight excluding hydrogens is 236 g/mol. The number of pyridine rings is 1. The molecule has 3 heteroatoms. The van der Waals surface area contributed by atoms with Crippen molar-refractivity contribution < 1.29 is 5.11 Å². The lowest BCUT2D eigenvalue weighted by atomic mass is 9.95. The Hall–Kier alpha value is -1.45. The van der Waals surface area contributed by atoms with E-state index in [1.54, 1.807) is 0 Å². The number of rotatable bonds is 6. The van der Waals surface area contributed by atoms with Crippen molar-refractivity contribution in [3.8, 4) is 0 Å². The fourth-order valence-electron chi connectivity index (χ4n) is 2.22. The average Bonchev–Trinajstić information content (AvgIpc) is 2.38. The lowest BCUT2D eigenvalue weighted by molar-refractivity contribution is 0.0508. The van der Waals surface area contributed by atoms with Gasteiger partial charge in [-0.05, 0) is 38.6 Å². The molecule has 0 saturated heterocycles. The minimum atomic E-state index is -0.711. The summed E-state index contributed by atoms with van der Waals surface area (Å²) in [6.45, 7) is 5.71. The van der Waals surface area contributed by atoms with Crippen molar-refractivity contribution in [3.63, 3.8) is 0 Å². The fraction of sp³-hybridized carbons (Fsp3) is 0.438. The molecule has 1 unspecified atom stereocenters. The van der Waals surface area contributed by atoms with Gasteiger partial charge in [0.25, 0.3) is 0 Å².